The zero-order valence-corrected chi connectivity index (χ0v) is 27.8. The average Bonchev–Trinajstić information content (AvgIpc) is 3.77. The van der Waals surface area contributed by atoms with Gasteiger partial charge in [-0.2, -0.15) is 0 Å². The first kappa shape index (κ1) is 32.6. The lowest BCUT2D eigenvalue weighted by atomic mass is 9.77. The summed E-state index contributed by atoms with van der Waals surface area (Å²) in [6, 6.07) is 38.8. The maximum Gasteiger partial charge on any atom is 0.262 e. The Labute approximate surface area is 284 Å². The van der Waals surface area contributed by atoms with Crippen molar-refractivity contribution < 1.29 is 14.4 Å². The molecule has 8 heteroatoms. The van der Waals surface area contributed by atoms with Gasteiger partial charge in [0, 0.05) is 17.3 Å². The monoisotopic (exact) mass is 654 g/mol. The van der Waals surface area contributed by atoms with Crippen LogP contribution in [-0.4, -0.2) is 39.7 Å². The molecule has 2 atom stereocenters. The smallest absolute Gasteiger partial charge is 0.262 e. The van der Waals surface area contributed by atoms with Gasteiger partial charge < -0.3 is 20.0 Å². The van der Waals surface area contributed by atoms with Gasteiger partial charge in [-0.15, -0.1) is 11.3 Å². The highest BCUT2D eigenvalue weighted by Gasteiger charge is 2.38. The molecule has 0 aliphatic carbocycles. The predicted molar refractivity (Wildman–Crippen MR) is 191 cm³/mol. The van der Waals surface area contributed by atoms with Gasteiger partial charge in [0.2, 0.25) is 5.91 Å². The van der Waals surface area contributed by atoms with Crippen LogP contribution in [0.4, 0.5) is 0 Å². The summed E-state index contributed by atoms with van der Waals surface area (Å²) in [4.78, 5) is 44.5. The molecule has 2 N–H and O–H groups in total. The molecule has 2 heterocycles. The van der Waals surface area contributed by atoms with Crippen LogP contribution in [0.15, 0.2) is 134 Å². The van der Waals surface area contributed by atoms with Gasteiger partial charge in [-0.1, -0.05) is 123 Å². The highest BCUT2D eigenvalue weighted by molar-refractivity contribution is 7.20. The summed E-state index contributed by atoms with van der Waals surface area (Å²) in [5.74, 6) is -0.574. The number of benzene rings is 4. The van der Waals surface area contributed by atoms with E-state index in [-0.39, 0.29) is 18.2 Å². The molecule has 0 saturated heterocycles. The molecule has 0 fully saturated rings. The largest absolute Gasteiger partial charge is 0.344 e. The van der Waals surface area contributed by atoms with Gasteiger partial charge in [-0.05, 0) is 46.5 Å². The molecule has 0 unspecified atom stereocenters. The minimum absolute atomic E-state index is 0.135. The van der Waals surface area contributed by atoms with Crippen molar-refractivity contribution in [3.63, 3.8) is 0 Å². The molecule has 6 rings (SSSR count). The quantitative estimate of drug-likeness (QED) is 0.104. The van der Waals surface area contributed by atoms with E-state index in [1.807, 2.05) is 105 Å². The van der Waals surface area contributed by atoms with E-state index in [1.165, 1.54) is 11.3 Å². The molecule has 0 aliphatic heterocycles. The summed E-state index contributed by atoms with van der Waals surface area (Å²) < 4.78 is 3.09. The highest BCUT2D eigenvalue weighted by Crippen LogP contribution is 2.40. The van der Waals surface area contributed by atoms with Gasteiger partial charge in [0.25, 0.3) is 5.91 Å². The number of carbonyl (C=O) groups excluding carboxylic acids is 3. The number of fused-ring (bicyclic) bond motifs is 1. The second kappa shape index (κ2) is 14.6. The Morgan fingerprint density at radius 2 is 1.38 bits per heavy atom. The number of rotatable bonds is 13. The SMILES string of the molecule is CC(C)C[C@H](NC(=O)c1cc2ccccc2s1)C(=O)N[C@H](C=O)Cc1cn(C(c2ccccc2)(c2ccccc2)c2ccccc2)cn1. The number of aldehydes is 1. The molecule has 48 heavy (non-hydrogen) atoms. The molecule has 0 radical (unpaired) electrons. The Morgan fingerprint density at radius 1 is 0.812 bits per heavy atom. The fourth-order valence-corrected chi connectivity index (χ4v) is 7.27. The fraction of sp³-hybridized carbons (Fsp3) is 0.200. The Morgan fingerprint density at radius 3 is 1.92 bits per heavy atom. The Hall–Kier alpha value is -5.34. The third-order valence-electron chi connectivity index (χ3n) is 8.50. The van der Waals surface area contributed by atoms with Crippen LogP contribution >= 0.6 is 11.3 Å². The lowest BCUT2D eigenvalue weighted by molar-refractivity contribution is -0.126. The predicted octanol–water partition coefficient (Wildman–Crippen LogP) is 7.01. The zero-order valence-electron chi connectivity index (χ0n) is 27.0. The molecular weight excluding hydrogens is 617 g/mol. The van der Waals surface area contributed by atoms with Crippen molar-refractivity contribution in [2.45, 2.75) is 44.3 Å². The maximum atomic E-state index is 13.6. The van der Waals surface area contributed by atoms with Crippen LogP contribution < -0.4 is 10.6 Å². The summed E-state index contributed by atoms with van der Waals surface area (Å²) in [6.45, 7) is 3.99. The van der Waals surface area contributed by atoms with Gasteiger partial charge in [0.15, 0.2) is 0 Å². The van der Waals surface area contributed by atoms with E-state index in [0.717, 1.165) is 33.1 Å². The van der Waals surface area contributed by atoms with Gasteiger partial charge >= 0.3 is 0 Å². The normalized spacial score (nSPS) is 12.8. The van der Waals surface area contributed by atoms with Crippen LogP contribution in [0.2, 0.25) is 0 Å². The second-order valence-corrected chi connectivity index (χ2v) is 13.4. The number of nitrogens with one attached hydrogen (secondary N) is 2. The van der Waals surface area contributed by atoms with Crippen LogP contribution in [0.25, 0.3) is 10.1 Å². The van der Waals surface area contributed by atoms with E-state index < -0.39 is 23.5 Å². The summed E-state index contributed by atoms with van der Waals surface area (Å²) in [5, 5.41) is 6.78. The number of nitrogens with zero attached hydrogens (tertiary/aromatic N) is 2. The Kier molecular flexibility index (Phi) is 9.92. The molecule has 0 bridgehead atoms. The second-order valence-electron chi connectivity index (χ2n) is 12.3. The molecule has 6 aromatic rings. The van der Waals surface area contributed by atoms with E-state index in [1.54, 1.807) is 6.33 Å². The number of hydrogen-bond acceptors (Lipinski definition) is 5. The number of imidazole rings is 1. The maximum absolute atomic E-state index is 13.6. The van der Waals surface area contributed by atoms with Crippen molar-refractivity contribution in [3.8, 4) is 0 Å². The molecule has 7 nitrogen and oxygen atoms in total. The summed E-state index contributed by atoms with van der Waals surface area (Å²) in [6.07, 6.45) is 5.09. The molecule has 0 aliphatic rings. The third kappa shape index (κ3) is 6.85. The van der Waals surface area contributed by atoms with Crippen molar-refractivity contribution in [3.05, 3.63) is 161 Å². The van der Waals surface area contributed by atoms with E-state index in [4.69, 9.17) is 4.98 Å². The lowest BCUT2D eigenvalue weighted by Crippen LogP contribution is -2.51. The van der Waals surface area contributed by atoms with Crippen LogP contribution in [0.5, 0.6) is 0 Å². The van der Waals surface area contributed by atoms with E-state index in [9.17, 15) is 14.4 Å². The first-order valence-electron chi connectivity index (χ1n) is 16.1. The van der Waals surface area contributed by atoms with E-state index in [0.29, 0.717) is 17.0 Å². The summed E-state index contributed by atoms with van der Waals surface area (Å²) in [5.41, 5.74) is 3.07. The molecule has 0 spiro atoms. The molecule has 0 saturated carbocycles. The van der Waals surface area contributed by atoms with Crippen LogP contribution in [-0.2, 0) is 21.5 Å². The number of carbonyl (C=O) groups is 3. The van der Waals surface area contributed by atoms with Crippen LogP contribution in [0, 0.1) is 5.92 Å². The Balaban J connectivity index is 1.26. The summed E-state index contributed by atoms with van der Waals surface area (Å²) >= 11 is 1.39. The first-order chi connectivity index (χ1) is 23.4. The fourth-order valence-electron chi connectivity index (χ4n) is 6.31. The Bertz CT molecular complexity index is 1860. The molecule has 242 valence electrons. The highest BCUT2D eigenvalue weighted by atomic mass is 32.1. The third-order valence-corrected chi connectivity index (χ3v) is 9.61. The first-order valence-corrected chi connectivity index (χ1v) is 16.9. The number of thiophene rings is 1. The molecule has 2 amide bonds. The van der Waals surface area contributed by atoms with Crippen LogP contribution in [0.3, 0.4) is 0 Å². The summed E-state index contributed by atoms with van der Waals surface area (Å²) in [7, 11) is 0. The number of amides is 2. The minimum Gasteiger partial charge on any atom is -0.344 e. The van der Waals surface area contributed by atoms with Crippen LogP contribution in [0.1, 0.15) is 52.3 Å². The molecule has 2 aromatic heterocycles. The average molecular weight is 655 g/mol. The minimum atomic E-state index is -0.837. The number of hydrogen-bond donors (Lipinski definition) is 2. The zero-order chi connectivity index (χ0) is 33.5. The van der Waals surface area contributed by atoms with Crippen molar-refractivity contribution >= 4 is 39.5 Å². The lowest BCUT2D eigenvalue weighted by Gasteiger charge is -2.37. The van der Waals surface area contributed by atoms with Crippen molar-refractivity contribution in [2.24, 2.45) is 5.92 Å². The van der Waals surface area contributed by atoms with E-state index in [2.05, 4.69) is 51.6 Å². The standard InChI is InChI=1S/C40H38N4O3S/c1-28(2)22-35(43-39(47)37-23-29-14-12-13-21-36(29)48-37)38(46)42-34(26-45)24-33-25-44(27-41-33)40(30-15-6-3-7-16-30,31-17-8-4-9-18-31)32-19-10-5-11-20-32/h3-21,23,25-28,34-35H,22,24H2,1-2H3,(H,42,46)(H,43,47)/t34-,35-/m0/s1. The van der Waals surface area contributed by atoms with Gasteiger partial charge in [0.1, 0.15) is 17.9 Å². The van der Waals surface area contributed by atoms with Crippen molar-refractivity contribution in [2.75, 3.05) is 0 Å². The van der Waals surface area contributed by atoms with Gasteiger partial charge in [-0.3, -0.25) is 9.59 Å². The van der Waals surface area contributed by atoms with Crippen molar-refractivity contribution in [1.82, 2.24) is 20.2 Å². The molecule has 4 aromatic carbocycles. The topological polar surface area (TPSA) is 93.1 Å². The number of aromatic nitrogens is 2. The van der Waals surface area contributed by atoms with Crippen molar-refractivity contribution in [1.29, 1.82) is 0 Å². The van der Waals surface area contributed by atoms with Gasteiger partial charge in [0.05, 0.1) is 22.9 Å². The van der Waals surface area contributed by atoms with Gasteiger partial charge in [-0.25, -0.2) is 4.98 Å². The molecular formula is C40H38N4O3S. The van der Waals surface area contributed by atoms with E-state index >= 15 is 0 Å².